The van der Waals surface area contributed by atoms with Gasteiger partial charge in [0.1, 0.15) is 21.7 Å². The molecule has 1 aromatic rings. The van der Waals surface area contributed by atoms with Crippen molar-refractivity contribution in [1.82, 2.24) is 4.90 Å². The van der Waals surface area contributed by atoms with E-state index in [1.54, 1.807) is 12.1 Å². The molecule has 1 aliphatic rings. The number of rotatable bonds is 6. The van der Waals surface area contributed by atoms with Gasteiger partial charge in [0.25, 0.3) is 0 Å². The summed E-state index contributed by atoms with van der Waals surface area (Å²) in [7, 11) is -1.01. The average molecular weight is 340 g/mol. The Hall–Kier alpha value is -1.60. The minimum Gasteiger partial charge on any atom is -0.490 e. The Labute approximate surface area is 137 Å². The average Bonchev–Trinajstić information content (AvgIpc) is 2.49. The number of hydrogen-bond acceptors (Lipinski definition) is 5. The Morgan fingerprint density at radius 2 is 1.87 bits per heavy atom. The molecule has 1 saturated heterocycles. The number of carbonyl (C=O) groups is 1. The van der Waals surface area contributed by atoms with Gasteiger partial charge in [-0.15, -0.1) is 0 Å². The van der Waals surface area contributed by atoms with Crippen LogP contribution in [0.3, 0.4) is 0 Å². The number of likely N-dealkylation sites (tertiary alicyclic amines) is 1. The van der Waals surface area contributed by atoms with Crippen LogP contribution in [-0.2, 0) is 14.6 Å². The van der Waals surface area contributed by atoms with Crippen molar-refractivity contribution in [2.75, 3.05) is 37.5 Å². The smallest absolute Gasteiger partial charge is 0.225 e. The lowest BCUT2D eigenvalue weighted by atomic mass is 10.1. The summed E-state index contributed by atoms with van der Waals surface area (Å²) in [6.07, 6.45) is 3.35. The summed E-state index contributed by atoms with van der Waals surface area (Å²) in [6.45, 7) is 2.08. The minimum atomic E-state index is -3.12. The van der Waals surface area contributed by atoms with Gasteiger partial charge < -0.3 is 15.0 Å². The van der Waals surface area contributed by atoms with Crippen molar-refractivity contribution in [2.45, 2.75) is 25.4 Å². The normalized spacial score (nSPS) is 17.0. The number of nitrogens with one attached hydrogen (secondary N) is 1. The third-order valence-corrected chi connectivity index (χ3v) is 4.75. The fourth-order valence-electron chi connectivity index (χ4n) is 2.41. The summed E-state index contributed by atoms with van der Waals surface area (Å²) in [4.78, 5) is 14.0. The molecule has 1 aliphatic heterocycles. The maximum Gasteiger partial charge on any atom is 0.225 e. The largest absolute Gasteiger partial charge is 0.490 e. The maximum atomic E-state index is 11.7. The van der Waals surface area contributed by atoms with Crippen LogP contribution in [0.4, 0.5) is 5.69 Å². The van der Waals surface area contributed by atoms with Gasteiger partial charge in [-0.3, -0.25) is 4.79 Å². The van der Waals surface area contributed by atoms with Crippen LogP contribution in [0.15, 0.2) is 24.3 Å². The lowest BCUT2D eigenvalue weighted by Gasteiger charge is -2.29. The van der Waals surface area contributed by atoms with E-state index in [2.05, 4.69) is 17.3 Å². The van der Waals surface area contributed by atoms with Crippen LogP contribution in [0.25, 0.3) is 0 Å². The molecule has 6 nitrogen and oxygen atoms in total. The number of sulfone groups is 1. The monoisotopic (exact) mass is 340 g/mol. The van der Waals surface area contributed by atoms with E-state index in [1.807, 2.05) is 12.1 Å². The van der Waals surface area contributed by atoms with Gasteiger partial charge in [-0.1, -0.05) is 0 Å². The van der Waals surface area contributed by atoms with Crippen molar-refractivity contribution in [1.29, 1.82) is 0 Å². The maximum absolute atomic E-state index is 11.7. The van der Waals surface area contributed by atoms with Gasteiger partial charge >= 0.3 is 0 Å². The van der Waals surface area contributed by atoms with Gasteiger partial charge in [-0.2, -0.15) is 0 Å². The van der Waals surface area contributed by atoms with Crippen LogP contribution in [0.1, 0.15) is 19.3 Å². The minimum absolute atomic E-state index is 0.0350. The van der Waals surface area contributed by atoms with E-state index in [-0.39, 0.29) is 24.2 Å². The molecule has 0 unspecified atom stereocenters. The van der Waals surface area contributed by atoms with Gasteiger partial charge in [0.05, 0.1) is 5.75 Å². The molecule has 1 N–H and O–H groups in total. The van der Waals surface area contributed by atoms with Crippen LogP contribution in [-0.4, -0.2) is 57.5 Å². The Morgan fingerprint density at radius 3 is 2.43 bits per heavy atom. The van der Waals surface area contributed by atoms with E-state index >= 15 is 0 Å². The predicted molar refractivity (Wildman–Crippen MR) is 90.5 cm³/mol. The number of hydrogen-bond donors (Lipinski definition) is 1. The highest BCUT2D eigenvalue weighted by Gasteiger charge is 2.17. The van der Waals surface area contributed by atoms with Gasteiger partial charge in [-0.05, 0) is 44.2 Å². The van der Waals surface area contributed by atoms with Crippen molar-refractivity contribution >= 4 is 21.4 Å². The number of carbonyl (C=O) groups excluding carboxylic acids is 1. The molecule has 0 aliphatic carbocycles. The highest BCUT2D eigenvalue weighted by atomic mass is 32.2. The molecule has 2 rings (SSSR count). The lowest BCUT2D eigenvalue weighted by molar-refractivity contribution is -0.115. The van der Waals surface area contributed by atoms with E-state index in [0.717, 1.165) is 37.9 Å². The van der Waals surface area contributed by atoms with Crippen LogP contribution >= 0.6 is 0 Å². The zero-order chi connectivity index (χ0) is 16.9. The van der Waals surface area contributed by atoms with Crippen molar-refractivity contribution in [3.63, 3.8) is 0 Å². The topological polar surface area (TPSA) is 75.7 Å². The quantitative estimate of drug-likeness (QED) is 0.850. The molecule has 1 fully saturated rings. The number of ether oxygens (including phenoxy) is 1. The number of nitrogens with zero attached hydrogens (tertiary/aromatic N) is 1. The van der Waals surface area contributed by atoms with E-state index < -0.39 is 9.84 Å². The van der Waals surface area contributed by atoms with Gasteiger partial charge in [0.15, 0.2) is 0 Å². The molecule has 0 saturated carbocycles. The first-order chi connectivity index (χ1) is 10.8. The molecule has 0 aromatic heterocycles. The zero-order valence-electron chi connectivity index (χ0n) is 13.6. The molecule has 1 aromatic carbocycles. The first kappa shape index (κ1) is 17.7. The van der Waals surface area contributed by atoms with Gasteiger partial charge in [-0.25, -0.2) is 8.42 Å². The SMILES string of the molecule is CN1CCC(Oc2ccc(NC(=O)CCS(C)(=O)=O)cc2)CC1. The Bertz CT molecular complexity index is 620. The summed E-state index contributed by atoms with van der Waals surface area (Å²) in [5, 5.41) is 2.69. The van der Waals surface area contributed by atoms with Crippen LogP contribution < -0.4 is 10.1 Å². The molecule has 7 heteroatoms. The third-order valence-electron chi connectivity index (χ3n) is 3.81. The first-order valence-corrected chi connectivity index (χ1v) is 9.81. The highest BCUT2D eigenvalue weighted by Crippen LogP contribution is 2.20. The predicted octanol–water partition coefficient (Wildman–Crippen LogP) is 1.53. The van der Waals surface area contributed by atoms with Crippen LogP contribution in [0.2, 0.25) is 0 Å². The molecule has 0 spiro atoms. The molecule has 1 heterocycles. The second kappa shape index (κ2) is 7.79. The van der Waals surface area contributed by atoms with Gasteiger partial charge in [0.2, 0.25) is 5.91 Å². The molecule has 0 radical (unpaired) electrons. The van der Waals surface area contributed by atoms with Crippen molar-refractivity contribution in [3.8, 4) is 5.75 Å². The van der Waals surface area contributed by atoms with E-state index in [1.165, 1.54) is 0 Å². The second-order valence-corrected chi connectivity index (χ2v) is 8.33. The summed E-state index contributed by atoms with van der Waals surface area (Å²) >= 11 is 0. The molecular formula is C16H24N2O4S. The molecular weight excluding hydrogens is 316 g/mol. The molecule has 23 heavy (non-hydrogen) atoms. The Kier molecular flexibility index (Phi) is 6.01. The van der Waals surface area contributed by atoms with Crippen molar-refractivity contribution in [3.05, 3.63) is 24.3 Å². The second-order valence-electron chi connectivity index (χ2n) is 6.07. The zero-order valence-corrected chi connectivity index (χ0v) is 14.4. The standard InChI is InChI=1S/C16H24N2O4S/c1-18-10-7-15(8-11-18)22-14-5-3-13(4-6-14)17-16(19)9-12-23(2,20)21/h3-6,15H,7-12H2,1-2H3,(H,17,19). The van der Waals surface area contributed by atoms with Gasteiger partial charge in [0, 0.05) is 31.5 Å². The number of piperidine rings is 1. The number of benzene rings is 1. The highest BCUT2D eigenvalue weighted by molar-refractivity contribution is 7.90. The molecule has 1 amide bonds. The van der Waals surface area contributed by atoms with E-state index in [9.17, 15) is 13.2 Å². The fourth-order valence-corrected chi connectivity index (χ4v) is 2.97. The lowest BCUT2D eigenvalue weighted by Crippen LogP contribution is -2.35. The molecule has 128 valence electrons. The third kappa shape index (κ3) is 6.58. The summed E-state index contributed by atoms with van der Waals surface area (Å²) in [6, 6.07) is 7.18. The Balaban J connectivity index is 1.81. The van der Waals surface area contributed by atoms with Crippen molar-refractivity contribution in [2.24, 2.45) is 0 Å². The number of amides is 1. The first-order valence-electron chi connectivity index (χ1n) is 7.75. The molecule has 0 bridgehead atoms. The Morgan fingerprint density at radius 1 is 1.26 bits per heavy atom. The van der Waals surface area contributed by atoms with E-state index in [0.29, 0.717) is 5.69 Å². The fraction of sp³-hybridized carbons (Fsp3) is 0.562. The van der Waals surface area contributed by atoms with E-state index in [4.69, 9.17) is 4.74 Å². The summed E-state index contributed by atoms with van der Waals surface area (Å²) in [5.74, 6) is 0.337. The summed E-state index contributed by atoms with van der Waals surface area (Å²) in [5.41, 5.74) is 0.638. The van der Waals surface area contributed by atoms with Crippen LogP contribution in [0, 0.1) is 0 Å². The summed E-state index contributed by atoms with van der Waals surface area (Å²) < 4.78 is 28.0. The number of anilines is 1. The molecule has 0 atom stereocenters. The van der Waals surface area contributed by atoms with Crippen molar-refractivity contribution < 1.29 is 17.9 Å². The van der Waals surface area contributed by atoms with Crippen LogP contribution in [0.5, 0.6) is 5.75 Å².